The van der Waals surface area contributed by atoms with Gasteiger partial charge in [0, 0.05) is 0 Å². The lowest BCUT2D eigenvalue weighted by molar-refractivity contribution is 0.367. The summed E-state index contributed by atoms with van der Waals surface area (Å²) in [6.45, 7) is 13.6. The molecule has 0 fully saturated rings. The SMILES string of the molecule is CCCCCCCCCCC(C)(C)N=NC(C)(C)CCCCCCCCC. The molecule has 0 atom stereocenters. The predicted molar refractivity (Wildman–Crippen MR) is 123 cm³/mol. The van der Waals surface area contributed by atoms with Crippen LogP contribution in [0, 0.1) is 0 Å². The van der Waals surface area contributed by atoms with Crippen LogP contribution in [-0.4, -0.2) is 11.1 Å². The van der Waals surface area contributed by atoms with Gasteiger partial charge < -0.3 is 0 Å². The summed E-state index contributed by atoms with van der Waals surface area (Å²) in [5, 5.41) is 9.50. The number of hydrogen-bond acceptors (Lipinski definition) is 2. The summed E-state index contributed by atoms with van der Waals surface area (Å²) in [5.74, 6) is 0. The van der Waals surface area contributed by atoms with E-state index in [9.17, 15) is 0 Å². The van der Waals surface area contributed by atoms with Crippen LogP contribution in [0.5, 0.6) is 0 Å². The van der Waals surface area contributed by atoms with E-state index in [0.717, 1.165) is 6.42 Å². The monoisotopic (exact) mass is 380 g/mol. The van der Waals surface area contributed by atoms with E-state index in [-0.39, 0.29) is 11.1 Å². The zero-order valence-electron chi connectivity index (χ0n) is 19.9. The van der Waals surface area contributed by atoms with Crippen LogP contribution in [0.1, 0.15) is 151 Å². The normalized spacial score (nSPS) is 13.0. The maximum atomic E-state index is 4.75. The molecule has 0 amide bonds. The van der Waals surface area contributed by atoms with Crippen LogP contribution in [-0.2, 0) is 0 Å². The van der Waals surface area contributed by atoms with E-state index in [1.807, 2.05) is 0 Å². The fourth-order valence-electron chi connectivity index (χ4n) is 3.58. The molecule has 2 nitrogen and oxygen atoms in total. The summed E-state index contributed by atoms with van der Waals surface area (Å²) in [7, 11) is 0. The number of rotatable bonds is 19. The number of unbranched alkanes of at least 4 members (excludes halogenated alkanes) is 13. The average Bonchev–Trinajstić information content (AvgIpc) is 2.62. The fourth-order valence-corrected chi connectivity index (χ4v) is 3.58. The lowest BCUT2D eigenvalue weighted by atomic mass is 9.96. The molecule has 0 spiro atoms. The Morgan fingerprint density at radius 3 is 0.963 bits per heavy atom. The minimum absolute atomic E-state index is 0.0000336. The molecule has 0 aliphatic rings. The number of nitrogens with zero attached hydrogens (tertiary/aromatic N) is 2. The van der Waals surface area contributed by atoms with Gasteiger partial charge in [-0.1, -0.05) is 110 Å². The van der Waals surface area contributed by atoms with E-state index in [0.29, 0.717) is 0 Å². The molecule has 0 aromatic carbocycles. The van der Waals surface area contributed by atoms with Crippen molar-refractivity contribution in [1.29, 1.82) is 0 Å². The summed E-state index contributed by atoms with van der Waals surface area (Å²) in [4.78, 5) is 0. The standard InChI is InChI=1S/C25H52N2/c1-7-9-11-13-15-17-19-21-23-25(5,6)27-26-24(3,4)22-20-18-16-14-12-10-8-2/h7-23H2,1-6H3. The molecule has 0 aromatic heterocycles. The molecule has 162 valence electrons. The summed E-state index contributed by atoms with van der Waals surface area (Å²) in [6.07, 6.45) is 22.9. The summed E-state index contributed by atoms with van der Waals surface area (Å²) in [5.41, 5.74) is -0.000398. The summed E-state index contributed by atoms with van der Waals surface area (Å²) < 4.78 is 0. The van der Waals surface area contributed by atoms with Gasteiger partial charge in [0.2, 0.25) is 0 Å². The molecule has 0 radical (unpaired) electrons. The van der Waals surface area contributed by atoms with Gasteiger partial charge in [0.15, 0.2) is 0 Å². The molecule has 0 bridgehead atoms. The van der Waals surface area contributed by atoms with E-state index in [1.165, 1.54) is 103 Å². The molecule has 0 rings (SSSR count). The van der Waals surface area contributed by atoms with Crippen molar-refractivity contribution in [2.75, 3.05) is 0 Å². The largest absolute Gasteiger partial charge is 0.187 e. The fraction of sp³-hybridized carbons (Fsp3) is 1.00. The summed E-state index contributed by atoms with van der Waals surface area (Å²) in [6, 6.07) is 0. The predicted octanol–water partition coefficient (Wildman–Crippen LogP) is 9.67. The Balaban J connectivity index is 3.85. The van der Waals surface area contributed by atoms with Crippen molar-refractivity contribution in [2.45, 2.75) is 162 Å². The topological polar surface area (TPSA) is 24.7 Å². The Morgan fingerprint density at radius 2 is 0.667 bits per heavy atom. The van der Waals surface area contributed by atoms with Gasteiger partial charge in [-0.25, -0.2) is 0 Å². The number of azo groups is 1. The highest BCUT2D eigenvalue weighted by Gasteiger charge is 2.20. The van der Waals surface area contributed by atoms with Crippen LogP contribution in [0.2, 0.25) is 0 Å². The molecule has 0 unspecified atom stereocenters. The van der Waals surface area contributed by atoms with Gasteiger partial charge in [0.25, 0.3) is 0 Å². The third-order valence-corrected chi connectivity index (χ3v) is 5.63. The molecule has 0 heterocycles. The molecule has 0 N–H and O–H groups in total. The molecule has 0 saturated carbocycles. The smallest absolute Gasteiger partial charge is 0.0760 e. The van der Waals surface area contributed by atoms with Crippen molar-refractivity contribution in [1.82, 2.24) is 0 Å². The third-order valence-electron chi connectivity index (χ3n) is 5.63. The second kappa shape index (κ2) is 16.5. The zero-order chi connectivity index (χ0) is 20.4. The lowest BCUT2D eigenvalue weighted by Gasteiger charge is -2.23. The summed E-state index contributed by atoms with van der Waals surface area (Å²) >= 11 is 0. The third kappa shape index (κ3) is 18.7. The Bertz CT molecular complexity index is 344. The van der Waals surface area contributed by atoms with Crippen molar-refractivity contribution in [2.24, 2.45) is 10.2 Å². The molecule has 2 heteroatoms. The minimum Gasteiger partial charge on any atom is -0.187 e. The van der Waals surface area contributed by atoms with Crippen molar-refractivity contribution >= 4 is 0 Å². The minimum atomic E-state index is -0.000364. The lowest BCUT2D eigenvalue weighted by Crippen LogP contribution is -2.21. The molecular weight excluding hydrogens is 328 g/mol. The molecule has 0 aliphatic carbocycles. The van der Waals surface area contributed by atoms with E-state index in [2.05, 4.69) is 41.5 Å². The zero-order valence-corrected chi connectivity index (χ0v) is 19.9. The Morgan fingerprint density at radius 1 is 0.407 bits per heavy atom. The molecule has 27 heavy (non-hydrogen) atoms. The first-order chi connectivity index (χ1) is 12.8. The van der Waals surface area contributed by atoms with Crippen LogP contribution >= 0.6 is 0 Å². The molecule has 0 aliphatic heterocycles. The highest BCUT2D eigenvalue weighted by molar-refractivity contribution is 4.80. The quantitative estimate of drug-likeness (QED) is 0.157. The Kier molecular flexibility index (Phi) is 16.3. The first-order valence-corrected chi connectivity index (χ1v) is 12.3. The van der Waals surface area contributed by atoms with Gasteiger partial charge in [-0.05, 0) is 40.5 Å². The highest BCUT2D eigenvalue weighted by atomic mass is 15.2. The van der Waals surface area contributed by atoms with Gasteiger partial charge in [0.1, 0.15) is 0 Å². The highest BCUT2D eigenvalue weighted by Crippen LogP contribution is 2.25. The van der Waals surface area contributed by atoms with Crippen molar-refractivity contribution < 1.29 is 0 Å². The van der Waals surface area contributed by atoms with E-state index < -0.39 is 0 Å². The molecule has 0 saturated heterocycles. The van der Waals surface area contributed by atoms with Crippen molar-refractivity contribution in [3.8, 4) is 0 Å². The maximum absolute atomic E-state index is 4.75. The second-order valence-electron chi connectivity index (χ2n) is 9.92. The van der Waals surface area contributed by atoms with Crippen molar-refractivity contribution in [3.05, 3.63) is 0 Å². The maximum Gasteiger partial charge on any atom is 0.0760 e. The van der Waals surface area contributed by atoms with Crippen LogP contribution in [0.15, 0.2) is 10.2 Å². The Hall–Kier alpha value is -0.400. The average molecular weight is 381 g/mol. The second-order valence-corrected chi connectivity index (χ2v) is 9.92. The molecular formula is C25H52N2. The van der Waals surface area contributed by atoms with Crippen LogP contribution in [0.3, 0.4) is 0 Å². The van der Waals surface area contributed by atoms with Gasteiger partial charge in [-0.2, -0.15) is 10.2 Å². The van der Waals surface area contributed by atoms with Gasteiger partial charge in [0.05, 0.1) is 11.1 Å². The van der Waals surface area contributed by atoms with E-state index >= 15 is 0 Å². The first-order valence-electron chi connectivity index (χ1n) is 12.3. The Labute approximate surface area is 172 Å². The van der Waals surface area contributed by atoms with Gasteiger partial charge in [-0.3, -0.25) is 0 Å². The van der Waals surface area contributed by atoms with Gasteiger partial charge >= 0.3 is 0 Å². The van der Waals surface area contributed by atoms with E-state index in [1.54, 1.807) is 0 Å². The van der Waals surface area contributed by atoms with E-state index in [4.69, 9.17) is 10.2 Å². The van der Waals surface area contributed by atoms with Gasteiger partial charge in [-0.15, -0.1) is 0 Å². The van der Waals surface area contributed by atoms with Crippen molar-refractivity contribution in [3.63, 3.8) is 0 Å². The first kappa shape index (κ1) is 26.6. The van der Waals surface area contributed by atoms with Crippen LogP contribution in [0.25, 0.3) is 0 Å². The molecule has 0 aromatic rings. The van der Waals surface area contributed by atoms with Crippen LogP contribution < -0.4 is 0 Å². The van der Waals surface area contributed by atoms with Crippen LogP contribution in [0.4, 0.5) is 0 Å². The number of hydrogen-bond donors (Lipinski definition) is 0.